The van der Waals surface area contributed by atoms with Gasteiger partial charge >= 0.3 is 0 Å². The summed E-state index contributed by atoms with van der Waals surface area (Å²) in [6, 6.07) is 9.15. The lowest BCUT2D eigenvalue weighted by atomic mass is 10.1. The van der Waals surface area contributed by atoms with E-state index in [1.54, 1.807) is 24.3 Å². The van der Waals surface area contributed by atoms with E-state index in [1.807, 2.05) is 0 Å². The van der Waals surface area contributed by atoms with E-state index in [2.05, 4.69) is 4.98 Å². The van der Waals surface area contributed by atoms with Gasteiger partial charge in [0.25, 0.3) is 5.69 Å². The smallest absolute Gasteiger partial charge is 0.266 e. The summed E-state index contributed by atoms with van der Waals surface area (Å²) >= 11 is 0. The van der Waals surface area contributed by atoms with E-state index in [9.17, 15) is 25.1 Å². The van der Waals surface area contributed by atoms with Gasteiger partial charge in [-0.3, -0.25) is 10.1 Å². The summed E-state index contributed by atoms with van der Waals surface area (Å²) in [5.41, 5.74) is 0.606. The number of carbonyl (C=O) groups is 1. The fourth-order valence-corrected chi connectivity index (χ4v) is 2.53. The van der Waals surface area contributed by atoms with Crippen LogP contribution in [0.1, 0.15) is 17.9 Å². The van der Waals surface area contributed by atoms with Crippen LogP contribution < -0.4 is 14.9 Å². The number of methoxy groups -OCH3 is 1. The van der Waals surface area contributed by atoms with E-state index < -0.39 is 28.8 Å². The number of fused-ring (bicyclic) bond motifs is 1. The normalized spacial score (nSPS) is 11.5. The molecule has 9 heteroatoms. The number of carbonyl (C=O) groups excluding carboxylic acids is 1. The fourth-order valence-electron chi connectivity index (χ4n) is 2.53. The number of hydrogen-bond donors (Lipinski definition) is 0. The van der Waals surface area contributed by atoms with E-state index >= 15 is 0 Å². The third kappa shape index (κ3) is 3.71. The van der Waals surface area contributed by atoms with Crippen LogP contribution in [0, 0.1) is 10.1 Å². The van der Waals surface area contributed by atoms with E-state index in [-0.39, 0.29) is 22.8 Å². The Morgan fingerprint density at radius 3 is 2.70 bits per heavy atom. The number of benzene rings is 2. The maximum atomic E-state index is 11.9. The van der Waals surface area contributed by atoms with Gasteiger partial charge in [0.2, 0.25) is 5.89 Å². The molecule has 1 aromatic heterocycles. The topological polar surface area (TPSA) is 142 Å². The van der Waals surface area contributed by atoms with Crippen LogP contribution in [-0.4, -0.2) is 23.0 Å². The lowest BCUT2D eigenvalue weighted by Gasteiger charge is -2.13. The Labute approximate surface area is 152 Å². The number of carboxylic acid groups (broad SMARTS) is 1. The van der Waals surface area contributed by atoms with Gasteiger partial charge < -0.3 is 24.2 Å². The summed E-state index contributed by atoms with van der Waals surface area (Å²) in [5.74, 6) is -2.46. The maximum Gasteiger partial charge on any atom is 0.266 e. The van der Waals surface area contributed by atoms with Crippen molar-refractivity contribution in [2.24, 2.45) is 0 Å². The molecular weight excluding hydrogens is 356 g/mol. The van der Waals surface area contributed by atoms with Crippen molar-refractivity contribution in [1.29, 1.82) is 0 Å². The Bertz CT molecular complexity index is 1040. The first kappa shape index (κ1) is 17.9. The second-order valence-corrected chi connectivity index (χ2v) is 5.53. The standard InChI is InChI=1S/C18H14N2O7/c1-26-15-8-10(7-13(17(15)23)20(24)25)6-11(9-16(21)22)18-19-12-4-2-3-5-14(12)27-18/h2-8,23H,9H2,1H3,(H,21,22)/p-2/b11-6+. The van der Waals surface area contributed by atoms with Gasteiger partial charge in [-0.25, -0.2) is 4.98 Å². The zero-order valence-corrected chi connectivity index (χ0v) is 14.0. The molecule has 0 unspecified atom stereocenters. The largest absolute Gasteiger partial charge is 0.865 e. The zero-order chi connectivity index (χ0) is 19.6. The number of para-hydroxylation sites is 2. The molecule has 0 N–H and O–H groups in total. The first-order valence-corrected chi connectivity index (χ1v) is 7.69. The molecule has 0 saturated heterocycles. The second kappa shape index (κ2) is 7.16. The number of nitro benzene ring substituents is 1. The molecule has 27 heavy (non-hydrogen) atoms. The third-order valence-electron chi connectivity index (χ3n) is 3.72. The minimum absolute atomic E-state index is 0.0354. The third-order valence-corrected chi connectivity index (χ3v) is 3.72. The molecule has 9 nitrogen and oxygen atoms in total. The summed E-state index contributed by atoms with van der Waals surface area (Å²) in [4.78, 5) is 25.6. The van der Waals surface area contributed by atoms with Gasteiger partial charge in [0.1, 0.15) is 11.3 Å². The van der Waals surface area contributed by atoms with Gasteiger partial charge in [-0.2, -0.15) is 0 Å². The van der Waals surface area contributed by atoms with Crippen LogP contribution in [0.25, 0.3) is 22.7 Å². The van der Waals surface area contributed by atoms with Crippen molar-refractivity contribution in [1.82, 2.24) is 4.98 Å². The van der Waals surface area contributed by atoms with Gasteiger partial charge in [0, 0.05) is 29.8 Å². The van der Waals surface area contributed by atoms with Crippen molar-refractivity contribution in [3.05, 3.63) is 58.0 Å². The van der Waals surface area contributed by atoms with Crippen LogP contribution in [0.4, 0.5) is 5.69 Å². The number of carboxylic acids is 1. The van der Waals surface area contributed by atoms with Crippen molar-refractivity contribution < 1.29 is 29.1 Å². The van der Waals surface area contributed by atoms with Gasteiger partial charge in [0.15, 0.2) is 5.58 Å². The Balaban J connectivity index is 2.15. The van der Waals surface area contributed by atoms with Crippen LogP contribution in [0.5, 0.6) is 11.5 Å². The first-order valence-electron chi connectivity index (χ1n) is 7.69. The molecule has 3 rings (SSSR count). The summed E-state index contributed by atoms with van der Waals surface area (Å²) in [6.45, 7) is 0. The predicted molar refractivity (Wildman–Crippen MR) is 90.6 cm³/mol. The molecule has 0 aliphatic heterocycles. The Hall–Kier alpha value is -3.88. The maximum absolute atomic E-state index is 11.9. The Kier molecular flexibility index (Phi) is 4.75. The van der Waals surface area contributed by atoms with Gasteiger partial charge in [-0.05, 0) is 29.8 Å². The number of nitro groups is 1. The number of rotatable bonds is 6. The molecule has 0 spiro atoms. The predicted octanol–water partition coefficient (Wildman–Crippen LogP) is 1.50. The molecule has 0 atom stereocenters. The lowest BCUT2D eigenvalue weighted by Crippen LogP contribution is -2.22. The number of ether oxygens (including phenoxy) is 1. The summed E-state index contributed by atoms with van der Waals surface area (Å²) < 4.78 is 10.4. The highest BCUT2D eigenvalue weighted by atomic mass is 16.6. The van der Waals surface area contributed by atoms with E-state index in [0.717, 1.165) is 6.07 Å². The molecule has 0 aliphatic rings. The lowest BCUT2D eigenvalue weighted by molar-refractivity contribution is -0.398. The molecule has 0 bridgehead atoms. The number of aromatic nitrogens is 1. The average molecular weight is 368 g/mol. The monoisotopic (exact) mass is 368 g/mol. The van der Waals surface area contributed by atoms with Crippen LogP contribution in [-0.2, 0) is 4.79 Å². The molecule has 0 saturated carbocycles. The summed E-state index contributed by atoms with van der Waals surface area (Å²) in [6.07, 6.45) is 0.789. The molecule has 0 radical (unpaired) electrons. The number of nitrogens with zero attached hydrogens (tertiary/aromatic N) is 2. The van der Waals surface area contributed by atoms with Crippen LogP contribution >= 0.6 is 0 Å². The van der Waals surface area contributed by atoms with Crippen LogP contribution in [0.3, 0.4) is 0 Å². The number of aliphatic carboxylic acids is 1. The van der Waals surface area contributed by atoms with E-state index in [1.165, 1.54) is 19.3 Å². The number of hydrogen-bond acceptors (Lipinski definition) is 8. The second-order valence-electron chi connectivity index (χ2n) is 5.53. The van der Waals surface area contributed by atoms with Crippen LogP contribution in [0.2, 0.25) is 0 Å². The molecular formula is C18H12N2O7-2. The molecule has 0 fully saturated rings. The molecule has 0 aliphatic carbocycles. The minimum Gasteiger partial charge on any atom is -0.865 e. The average Bonchev–Trinajstić information content (AvgIpc) is 3.06. The van der Waals surface area contributed by atoms with Crippen molar-refractivity contribution >= 4 is 34.4 Å². The van der Waals surface area contributed by atoms with E-state index in [0.29, 0.717) is 11.1 Å². The van der Waals surface area contributed by atoms with Gasteiger partial charge in [-0.1, -0.05) is 12.1 Å². The molecule has 138 valence electrons. The summed E-state index contributed by atoms with van der Waals surface area (Å²) in [7, 11) is 1.21. The van der Waals surface area contributed by atoms with Crippen molar-refractivity contribution in [3.63, 3.8) is 0 Å². The molecule has 1 heterocycles. The summed E-state index contributed by atoms with van der Waals surface area (Å²) in [5, 5.41) is 34.1. The van der Waals surface area contributed by atoms with Gasteiger partial charge in [-0.15, -0.1) is 0 Å². The Morgan fingerprint density at radius 1 is 1.33 bits per heavy atom. The quantitative estimate of drug-likeness (QED) is 0.470. The van der Waals surface area contributed by atoms with Crippen LogP contribution in [0.15, 0.2) is 40.8 Å². The fraction of sp³-hybridized carbons (Fsp3) is 0.111. The SMILES string of the molecule is COc1cc(/C=C(\CC(=O)[O-])c2nc3ccccc3o2)cc([N+](=O)[O-])c1[O-]. The van der Waals surface area contributed by atoms with Gasteiger partial charge in [0.05, 0.1) is 12.0 Å². The highest BCUT2D eigenvalue weighted by molar-refractivity contribution is 5.90. The van der Waals surface area contributed by atoms with Crippen molar-refractivity contribution in [2.45, 2.75) is 6.42 Å². The zero-order valence-electron chi connectivity index (χ0n) is 14.0. The molecule has 0 amide bonds. The molecule has 2 aromatic carbocycles. The Morgan fingerprint density at radius 2 is 2.07 bits per heavy atom. The van der Waals surface area contributed by atoms with Crippen molar-refractivity contribution in [2.75, 3.05) is 7.11 Å². The van der Waals surface area contributed by atoms with E-state index in [4.69, 9.17) is 9.15 Å². The molecule has 3 aromatic rings. The first-order chi connectivity index (χ1) is 12.9. The number of oxazole rings is 1. The highest BCUT2D eigenvalue weighted by Gasteiger charge is 2.15. The van der Waals surface area contributed by atoms with Crippen molar-refractivity contribution in [3.8, 4) is 11.5 Å². The minimum atomic E-state index is -1.38. The highest BCUT2D eigenvalue weighted by Crippen LogP contribution is 2.36.